The summed E-state index contributed by atoms with van der Waals surface area (Å²) in [7, 11) is 0. The van der Waals surface area contributed by atoms with Gasteiger partial charge in [0, 0.05) is 0 Å². The number of para-hydroxylation sites is 1. The molecule has 0 saturated heterocycles. The van der Waals surface area contributed by atoms with Crippen molar-refractivity contribution >= 4 is 23.2 Å². The number of thiazole rings is 1. The van der Waals surface area contributed by atoms with Crippen molar-refractivity contribution in [3.05, 3.63) is 44.6 Å². The Morgan fingerprint density at radius 2 is 2.19 bits per heavy atom. The average Bonchev–Trinajstić information content (AvgIpc) is 2.56. The van der Waals surface area contributed by atoms with Crippen LogP contribution in [0.15, 0.2) is 34.1 Å². The molecule has 2 N–H and O–H groups in total. The van der Waals surface area contributed by atoms with Gasteiger partial charge < -0.3 is 5.11 Å². The molecule has 0 spiro atoms. The van der Waals surface area contributed by atoms with Crippen LogP contribution < -0.4 is 4.87 Å². The lowest BCUT2D eigenvalue weighted by Gasteiger charge is -1.93. The van der Waals surface area contributed by atoms with Gasteiger partial charge in [-0.2, -0.15) is 0 Å². The zero-order chi connectivity index (χ0) is 11.5. The number of rotatable bonds is 2. The number of hydrogen-bond acceptors (Lipinski definition) is 4. The zero-order valence-corrected chi connectivity index (χ0v) is 8.79. The summed E-state index contributed by atoms with van der Waals surface area (Å²) in [5.41, 5.74) is 0.155. The molecule has 82 valence electrons. The second-order valence-electron chi connectivity index (χ2n) is 2.94. The quantitative estimate of drug-likeness (QED) is 0.786. The van der Waals surface area contributed by atoms with E-state index in [0.717, 1.165) is 11.3 Å². The number of nitrogens with zero attached hydrogens (tertiary/aromatic N) is 1. The van der Waals surface area contributed by atoms with Gasteiger partial charge in [0.2, 0.25) is 5.88 Å². The van der Waals surface area contributed by atoms with Crippen LogP contribution in [0.2, 0.25) is 0 Å². The molecule has 0 aliphatic heterocycles. The normalized spacial score (nSPS) is 11.1. The molecule has 1 aromatic heterocycles. The molecule has 0 saturated carbocycles. The monoisotopic (exact) mass is 238 g/mol. The maximum atomic E-state index is 13.2. The largest absolute Gasteiger partial charge is 0.493 e. The van der Waals surface area contributed by atoms with Gasteiger partial charge in [0.05, 0.1) is 11.9 Å². The van der Waals surface area contributed by atoms with Gasteiger partial charge in [0.25, 0.3) is 0 Å². The van der Waals surface area contributed by atoms with Crippen LogP contribution in [0.25, 0.3) is 0 Å². The van der Waals surface area contributed by atoms with Gasteiger partial charge in [-0.05, 0) is 12.1 Å². The lowest BCUT2D eigenvalue weighted by atomic mass is 10.3. The standard InChI is InChI=1S/C10H7FN2O2S/c11-6-3-1-2-4-7(6)12-5-8-9(14)13-10(15)16-8/h1-5,14H,(H,13,15). The fourth-order valence-corrected chi connectivity index (χ4v) is 1.70. The van der Waals surface area contributed by atoms with E-state index in [9.17, 15) is 14.3 Å². The van der Waals surface area contributed by atoms with Crippen molar-refractivity contribution in [1.29, 1.82) is 0 Å². The second kappa shape index (κ2) is 4.28. The van der Waals surface area contributed by atoms with E-state index in [1.54, 1.807) is 12.1 Å². The summed E-state index contributed by atoms with van der Waals surface area (Å²) in [4.78, 5) is 16.8. The second-order valence-corrected chi connectivity index (χ2v) is 3.95. The predicted octanol–water partition coefficient (Wildman–Crippen LogP) is 2.03. The molecule has 1 heterocycles. The molecule has 0 bridgehead atoms. The molecule has 0 radical (unpaired) electrons. The van der Waals surface area contributed by atoms with Crippen molar-refractivity contribution in [1.82, 2.24) is 4.98 Å². The Kier molecular flexibility index (Phi) is 2.82. The fourth-order valence-electron chi connectivity index (χ4n) is 1.10. The summed E-state index contributed by atoms with van der Waals surface area (Å²) in [6.07, 6.45) is 1.25. The number of H-pyrrole nitrogens is 1. The van der Waals surface area contributed by atoms with E-state index in [1.807, 2.05) is 0 Å². The van der Waals surface area contributed by atoms with E-state index in [2.05, 4.69) is 9.98 Å². The highest BCUT2D eigenvalue weighted by Gasteiger charge is 2.03. The minimum Gasteiger partial charge on any atom is -0.493 e. The summed E-state index contributed by atoms with van der Waals surface area (Å²) in [5.74, 6) is -0.712. The first kappa shape index (κ1) is 10.6. The van der Waals surface area contributed by atoms with Gasteiger partial charge in [0.1, 0.15) is 10.7 Å². The van der Waals surface area contributed by atoms with Gasteiger partial charge >= 0.3 is 4.87 Å². The van der Waals surface area contributed by atoms with Gasteiger partial charge in [-0.15, -0.1) is 0 Å². The Balaban J connectivity index is 2.32. The summed E-state index contributed by atoms with van der Waals surface area (Å²) in [5, 5.41) is 9.25. The number of aromatic nitrogens is 1. The lowest BCUT2D eigenvalue weighted by molar-refractivity contribution is 0.455. The van der Waals surface area contributed by atoms with Crippen LogP contribution in [0.4, 0.5) is 10.1 Å². The molecule has 0 aliphatic rings. The van der Waals surface area contributed by atoms with E-state index in [-0.39, 0.29) is 21.3 Å². The topological polar surface area (TPSA) is 65.5 Å². The molecule has 2 aromatic rings. The Morgan fingerprint density at radius 3 is 2.81 bits per heavy atom. The van der Waals surface area contributed by atoms with Crippen LogP contribution in [0.1, 0.15) is 4.88 Å². The van der Waals surface area contributed by atoms with Crippen molar-refractivity contribution in [2.75, 3.05) is 0 Å². The molecule has 16 heavy (non-hydrogen) atoms. The summed E-state index contributed by atoms with van der Waals surface area (Å²) < 4.78 is 13.2. The predicted molar refractivity (Wildman–Crippen MR) is 60.3 cm³/mol. The minimum atomic E-state index is -0.457. The van der Waals surface area contributed by atoms with E-state index in [1.165, 1.54) is 18.3 Å². The highest BCUT2D eigenvalue weighted by Crippen LogP contribution is 2.18. The number of benzene rings is 1. The van der Waals surface area contributed by atoms with Crippen molar-refractivity contribution in [3.8, 4) is 5.88 Å². The first-order valence-corrected chi connectivity index (χ1v) is 5.19. The number of aliphatic imine (C=N–C) groups is 1. The number of nitrogens with one attached hydrogen (secondary N) is 1. The number of aromatic hydroxyl groups is 1. The molecule has 0 atom stereocenters. The Bertz CT molecular complexity index is 589. The highest BCUT2D eigenvalue weighted by molar-refractivity contribution is 7.11. The molecule has 6 heteroatoms. The molecule has 2 rings (SSSR count). The smallest absolute Gasteiger partial charge is 0.307 e. The van der Waals surface area contributed by atoms with Crippen LogP contribution in [0.3, 0.4) is 0 Å². The van der Waals surface area contributed by atoms with Crippen LogP contribution >= 0.6 is 11.3 Å². The lowest BCUT2D eigenvalue weighted by Crippen LogP contribution is -1.89. The Morgan fingerprint density at radius 1 is 1.44 bits per heavy atom. The highest BCUT2D eigenvalue weighted by atomic mass is 32.1. The molecule has 0 unspecified atom stereocenters. The van der Waals surface area contributed by atoms with Gasteiger partial charge in [-0.1, -0.05) is 23.5 Å². The van der Waals surface area contributed by atoms with E-state index < -0.39 is 5.82 Å². The number of halogens is 1. The molecule has 0 amide bonds. The summed E-state index contributed by atoms with van der Waals surface area (Å²) in [6, 6.07) is 5.99. The zero-order valence-electron chi connectivity index (χ0n) is 7.98. The van der Waals surface area contributed by atoms with Crippen LogP contribution in [0, 0.1) is 5.82 Å². The molecule has 0 aliphatic carbocycles. The minimum absolute atomic E-state index is 0.155. The van der Waals surface area contributed by atoms with E-state index >= 15 is 0 Å². The third-order valence-electron chi connectivity index (χ3n) is 1.83. The first-order valence-electron chi connectivity index (χ1n) is 4.37. The van der Waals surface area contributed by atoms with Gasteiger partial charge in [0.15, 0.2) is 0 Å². The first-order chi connectivity index (χ1) is 7.66. The molecule has 0 fully saturated rings. The third-order valence-corrected chi connectivity index (χ3v) is 2.64. The van der Waals surface area contributed by atoms with E-state index in [0.29, 0.717) is 0 Å². The van der Waals surface area contributed by atoms with Crippen LogP contribution in [-0.2, 0) is 0 Å². The number of hydrogen-bond donors (Lipinski definition) is 2. The van der Waals surface area contributed by atoms with Crippen LogP contribution in [0.5, 0.6) is 5.88 Å². The van der Waals surface area contributed by atoms with Crippen molar-refractivity contribution in [2.24, 2.45) is 4.99 Å². The number of aromatic amines is 1. The van der Waals surface area contributed by atoms with Crippen molar-refractivity contribution in [2.45, 2.75) is 0 Å². The van der Waals surface area contributed by atoms with E-state index in [4.69, 9.17) is 0 Å². The molecule has 1 aromatic carbocycles. The molecule has 4 nitrogen and oxygen atoms in total. The maximum absolute atomic E-state index is 13.2. The Labute approximate surface area is 93.7 Å². The maximum Gasteiger partial charge on any atom is 0.307 e. The van der Waals surface area contributed by atoms with Gasteiger partial charge in [-0.3, -0.25) is 14.8 Å². The third kappa shape index (κ3) is 2.17. The molecular formula is C10H7FN2O2S. The summed E-state index contributed by atoms with van der Waals surface area (Å²) in [6.45, 7) is 0. The summed E-state index contributed by atoms with van der Waals surface area (Å²) >= 11 is 0.807. The van der Waals surface area contributed by atoms with Crippen molar-refractivity contribution in [3.63, 3.8) is 0 Å². The van der Waals surface area contributed by atoms with Gasteiger partial charge in [-0.25, -0.2) is 4.39 Å². The SMILES string of the molecule is O=c1[nH]c(O)c(C=Nc2ccccc2F)s1. The van der Waals surface area contributed by atoms with Crippen molar-refractivity contribution < 1.29 is 9.50 Å². The fraction of sp³-hybridized carbons (Fsp3) is 0. The average molecular weight is 238 g/mol. The molecular weight excluding hydrogens is 231 g/mol. The Hall–Kier alpha value is -1.95. The van der Waals surface area contributed by atoms with Crippen LogP contribution in [-0.4, -0.2) is 16.3 Å².